The lowest BCUT2D eigenvalue weighted by Crippen LogP contribution is -2.60. The van der Waals surface area contributed by atoms with Crippen molar-refractivity contribution in [3.63, 3.8) is 0 Å². The van der Waals surface area contributed by atoms with Crippen LogP contribution in [0, 0.1) is 17.8 Å². The molecule has 0 radical (unpaired) electrons. The molecule has 3 rings (SSSR count). The highest BCUT2D eigenvalue weighted by atomic mass is 16.6. The van der Waals surface area contributed by atoms with Crippen LogP contribution in [0.3, 0.4) is 0 Å². The van der Waals surface area contributed by atoms with Gasteiger partial charge in [0, 0.05) is 52.0 Å². The SMILES string of the molecule is CC(C)CN1CCN(C(=O)[C@@H](CC(=O)[C@H](C)N(C)C(=O)OC(C)(C)C)C(C)C)[C@H](C(=O)C[C@@H]2CCCc3ccccc32)C1. The Hall–Kier alpha value is -2.74. The van der Waals surface area contributed by atoms with Crippen molar-refractivity contribution in [2.24, 2.45) is 17.8 Å². The first kappa shape index (κ1) is 34.7. The molecule has 1 heterocycles. The lowest BCUT2D eigenvalue weighted by atomic mass is 9.79. The van der Waals surface area contributed by atoms with Crippen LogP contribution in [0.5, 0.6) is 0 Å². The number of rotatable bonds is 11. The van der Waals surface area contributed by atoms with Crippen LogP contribution in [-0.4, -0.2) is 89.2 Å². The number of hydrogen-bond donors (Lipinski definition) is 0. The molecule has 1 aliphatic heterocycles. The zero-order valence-corrected chi connectivity index (χ0v) is 28.0. The Morgan fingerprint density at radius 2 is 1.70 bits per heavy atom. The largest absolute Gasteiger partial charge is 0.444 e. The topological polar surface area (TPSA) is 87.2 Å². The van der Waals surface area contributed by atoms with Gasteiger partial charge in [-0.2, -0.15) is 0 Å². The van der Waals surface area contributed by atoms with Gasteiger partial charge in [0.25, 0.3) is 0 Å². The summed E-state index contributed by atoms with van der Waals surface area (Å²) in [6.07, 6.45) is 2.94. The van der Waals surface area contributed by atoms with Gasteiger partial charge in [-0.05, 0) is 75.8 Å². The number of nitrogens with zero attached hydrogens (tertiary/aromatic N) is 3. The third-order valence-corrected chi connectivity index (χ3v) is 8.96. The predicted molar refractivity (Wildman–Crippen MR) is 170 cm³/mol. The van der Waals surface area contributed by atoms with Crippen molar-refractivity contribution in [1.29, 1.82) is 0 Å². The molecule has 2 amide bonds. The number of ketones is 2. The summed E-state index contributed by atoms with van der Waals surface area (Å²) in [5.74, 6) is -0.290. The molecule has 0 unspecified atom stereocenters. The summed E-state index contributed by atoms with van der Waals surface area (Å²) in [4.78, 5) is 59.7. The van der Waals surface area contributed by atoms with Crippen LogP contribution in [0.4, 0.5) is 4.79 Å². The van der Waals surface area contributed by atoms with Crippen LogP contribution in [0.25, 0.3) is 0 Å². The van der Waals surface area contributed by atoms with E-state index in [0.717, 1.165) is 25.8 Å². The molecular formula is C35H55N3O5. The minimum atomic E-state index is -0.740. The van der Waals surface area contributed by atoms with E-state index in [1.807, 2.05) is 19.9 Å². The fourth-order valence-electron chi connectivity index (χ4n) is 6.42. The van der Waals surface area contributed by atoms with Crippen LogP contribution >= 0.6 is 0 Å². The highest BCUT2D eigenvalue weighted by Crippen LogP contribution is 2.35. The normalized spacial score (nSPS) is 20.9. The Labute approximate surface area is 259 Å². The average Bonchev–Trinajstić information content (AvgIpc) is 2.93. The molecule has 0 saturated carbocycles. The van der Waals surface area contributed by atoms with Crippen molar-refractivity contribution in [1.82, 2.24) is 14.7 Å². The third kappa shape index (κ3) is 9.37. The van der Waals surface area contributed by atoms with Crippen LogP contribution in [-0.2, 0) is 25.5 Å². The van der Waals surface area contributed by atoms with E-state index >= 15 is 0 Å². The lowest BCUT2D eigenvalue weighted by Gasteiger charge is -2.43. The summed E-state index contributed by atoms with van der Waals surface area (Å²) >= 11 is 0. The maximum Gasteiger partial charge on any atom is 0.410 e. The van der Waals surface area contributed by atoms with Crippen LogP contribution in [0.1, 0.15) is 98.1 Å². The van der Waals surface area contributed by atoms with Crippen molar-refractivity contribution in [3.8, 4) is 0 Å². The molecule has 2 aliphatic rings. The monoisotopic (exact) mass is 597 g/mol. The number of hydrogen-bond acceptors (Lipinski definition) is 6. The molecule has 8 nitrogen and oxygen atoms in total. The smallest absolute Gasteiger partial charge is 0.410 e. The first-order chi connectivity index (χ1) is 20.1. The van der Waals surface area contributed by atoms with E-state index in [2.05, 4.69) is 36.9 Å². The fourth-order valence-corrected chi connectivity index (χ4v) is 6.42. The van der Waals surface area contributed by atoms with E-state index < -0.39 is 29.7 Å². The summed E-state index contributed by atoms with van der Waals surface area (Å²) in [5, 5.41) is 0. The summed E-state index contributed by atoms with van der Waals surface area (Å²) in [6, 6.07) is 7.15. The van der Waals surface area contributed by atoms with Gasteiger partial charge in [0.05, 0.1) is 6.04 Å². The second-order valence-electron chi connectivity index (χ2n) is 14.4. The Bertz CT molecular complexity index is 1140. The molecule has 8 heteroatoms. The standard InChI is InChI=1S/C35H55N3O5/c1-23(2)21-37-17-18-38(30(22-37)32(40)19-27-15-12-14-26-13-10-11-16-28(26)27)33(41)29(24(3)4)20-31(39)25(5)36(9)34(42)43-35(6,7)8/h10-11,13,16,23-25,27,29-30H,12,14-15,17-22H2,1-9H3/t25-,27-,29-,30-/m0/s1. The van der Waals surface area contributed by atoms with Gasteiger partial charge in [0.1, 0.15) is 11.6 Å². The molecule has 1 aromatic carbocycles. The number of carbonyl (C=O) groups excluding carboxylic acids is 4. The summed E-state index contributed by atoms with van der Waals surface area (Å²) in [7, 11) is 1.55. The molecule has 0 N–H and O–H groups in total. The number of fused-ring (bicyclic) bond motifs is 1. The quantitative estimate of drug-likeness (QED) is 0.324. The van der Waals surface area contributed by atoms with Crippen LogP contribution in [0.2, 0.25) is 0 Å². The number of carbonyl (C=O) groups is 4. The number of Topliss-reactive ketones (excluding diaryl/α,β-unsaturated/α-hetero) is 2. The molecule has 4 atom stereocenters. The highest BCUT2D eigenvalue weighted by Gasteiger charge is 2.41. The van der Waals surface area contributed by atoms with Crippen LogP contribution < -0.4 is 0 Å². The van der Waals surface area contributed by atoms with Gasteiger partial charge in [0.2, 0.25) is 5.91 Å². The van der Waals surface area contributed by atoms with Gasteiger partial charge < -0.3 is 14.5 Å². The Morgan fingerprint density at radius 3 is 2.33 bits per heavy atom. The molecule has 1 aliphatic carbocycles. The molecular weight excluding hydrogens is 542 g/mol. The molecule has 1 aromatic rings. The second kappa shape index (κ2) is 14.8. The number of aryl methyl sites for hydroxylation is 1. The fraction of sp³-hybridized carbons (Fsp3) is 0.714. The number of amides is 2. The second-order valence-corrected chi connectivity index (χ2v) is 14.4. The zero-order valence-electron chi connectivity index (χ0n) is 28.0. The van der Waals surface area contributed by atoms with Gasteiger partial charge in [-0.3, -0.25) is 19.3 Å². The first-order valence-corrected chi connectivity index (χ1v) is 16.2. The van der Waals surface area contributed by atoms with Crippen molar-refractivity contribution in [2.45, 2.75) is 111 Å². The maximum atomic E-state index is 14.2. The highest BCUT2D eigenvalue weighted by molar-refractivity contribution is 5.94. The Kier molecular flexibility index (Phi) is 12.0. The van der Waals surface area contributed by atoms with E-state index in [9.17, 15) is 19.2 Å². The molecule has 240 valence electrons. The van der Waals surface area contributed by atoms with Crippen LogP contribution in [0.15, 0.2) is 24.3 Å². The number of likely N-dealkylation sites (N-methyl/N-ethyl adjacent to an activating group) is 1. The number of benzene rings is 1. The van der Waals surface area contributed by atoms with Gasteiger partial charge in [0.15, 0.2) is 11.6 Å². The van der Waals surface area contributed by atoms with Crippen molar-refractivity contribution < 1.29 is 23.9 Å². The molecule has 0 bridgehead atoms. The molecule has 43 heavy (non-hydrogen) atoms. The Balaban J connectivity index is 1.79. The van der Waals surface area contributed by atoms with Gasteiger partial charge in [-0.15, -0.1) is 0 Å². The summed E-state index contributed by atoms with van der Waals surface area (Å²) in [5.41, 5.74) is 1.92. The molecule has 1 saturated heterocycles. The molecule has 1 fully saturated rings. The van der Waals surface area contributed by atoms with E-state index in [0.29, 0.717) is 32.0 Å². The minimum Gasteiger partial charge on any atom is -0.444 e. The van der Waals surface area contributed by atoms with Crippen molar-refractivity contribution in [3.05, 3.63) is 35.4 Å². The summed E-state index contributed by atoms with van der Waals surface area (Å²) in [6.45, 7) is 17.8. The first-order valence-electron chi connectivity index (χ1n) is 16.2. The number of piperazine rings is 1. The zero-order chi connectivity index (χ0) is 32.1. The van der Waals surface area contributed by atoms with E-state index in [1.165, 1.54) is 16.0 Å². The lowest BCUT2D eigenvalue weighted by molar-refractivity contribution is -0.149. The van der Waals surface area contributed by atoms with Gasteiger partial charge in [-0.25, -0.2) is 4.79 Å². The van der Waals surface area contributed by atoms with E-state index in [1.54, 1.807) is 39.6 Å². The van der Waals surface area contributed by atoms with Gasteiger partial charge in [-0.1, -0.05) is 52.0 Å². The number of ether oxygens (including phenoxy) is 1. The molecule has 0 spiro atoms. The third-order valence-electron chi connectivity index (χ3n) is 8.96. The summed E-state index contributed by atoms with van der Waals surface area (Å²) < 4.78 is 5.45. The van der Waals surface area contributed by atoms with E-state index in [4.69, 9.17) is 4.74 Å². The maximum absolute atomic E-state index is 14.2. The van der Waals surface area contributed by atoms with Crippen molar-refractivity contribution >= 4 is 23.6 Å². The predicted octanol–water partition coefficient (Wildman–Crippen LogP) is 5.72. The van der Waals surface area contributed by atoms with E-state index in [-0.39, 0.29) is 35.7 Å². The minimum absolute atomic E-state index is 0.00786. The van der Waals surface area contributed by atoms with Crippen molar-refractivity contribution in [2.75, 3.05) is 33.2 Å². The van der Waals surface area contributed by atoms with Gasteiger partial charge >= 0.3 is 6.09 Å². The average molecular weight is 598 g/mol. The Morgan fingerprint density at radius 1 is 1.02 bits per heavy atom. The molecule has 0 aromatic heterocycles.